The molecule has 0 aromatic carbocycles. The second-order valence-corrected chi connectivity index (χ2v) is 2.24. The van der Waals surface area contributed by atoms with Crippen LogP contribution in [0.4, 0.5) is 4.79 Å². The van der Waals surface area contributed by atoms with E-state index in [2.05, 4.69) is 16.6 Å². The maximum atomic E-state index is 10.7. The number of nitrogens with one attached hydrogen (secondary N) is 1. The molecule has 1 amide bonds. The van der Waals surface area contributed by atoms with Crippen LogP contribution in [0.3, 0.4) is 0 Å². The predicted molar refractivity (Wildman–Crippen MR) is 45.8 cm³/mol. The average molecular weight is 173 g/mol. The molecule has 0 rings (SSSR count). The first-order valence-corrected chi connectivity index (χ1v) is 3.92. The molecule has 0 aliphatic heterocycles. The molecule has 70 valence electrons. The lowest BCUT2D eigenvalue weighted by Gasteiger charge is -2.06. The van der Waals surface area contributed by atoms with Crippen molar-refractivity contribution in [3.05, 3.63) is 12.7 Å². The van der Waals surface area contributed by atoms with Gasteiger partial charge in [-0.15, -0.1) is 6.58 Å². The summed E-state index contributed by atoms with van der Waals surface area (Å²) in [6.45, 7) is 5.89. The first kappa shape index (κ1) is 11.0. The van der Waals surface area contributed by atoms with Gasteiger partial charge in [-0.1, -0.05) is 6.08 Å². The van der Waals surface area contributed by atoms with E-state index < -0.39 is 12.2 Å². The van der Waals surface area contributed by atoms with Gasteiger partial charge in [0.25, 0.3) is 0 Å². The van der Waals surface area contributed by atoms with Crippen LogP contribution in [0.1, 0.15) is 13.3 Å². The Morgan fingerprint density at radius 2 is 2.50 bits per heavy atom. The fourth-order valence-corrected chi connectivity index (χ4v) is 0.622. The molecular formula is C8H15NO3. The van der Waals surface area contributed by atoms with Gasteiger partial charge >= 0.3 is 6.09 Å². The maximum absolute atomic E-state index is 10.7. The van der Waals surface area contributed by atoms with Crippen molar-refractivity contribution in [2.45, 2.75) is 19.4 Å². The van der Waals surface area contributed by atoms with Gasteiger partial charge in [0.1, 0.15) is 0 Å². The van der Waals surface area contributed by atoms with Gasteiger partial charge in [-0.3, -0.25) is 0 Å². The molecule has 0 bridgehead atoms. The smallest absolute Gasteiger partial charge is 0.407 e. The third kappa shape index (κ3) is 5.73. The molecule has 2 N–H and O–H groups in total. The van der Waals surface area contributed by atoms with Crippen LogP contribution in [0.25, 0.3) is 0 Å². The van der Waals surface area contributed by atoms with E-state index in [-0.39, 0.29) is 0 Å². The molecule has 0 aliphatic rings. The Morgan fingerprint density at radius 3 is 3.00 bits per heavy atom. The van der Waals surface area contributed by atoms with Crippen molar-refractivity contribution in [1.82, 2.24) is 5.32 Å². The van der Waals surface area contributed by atoms with Crippen molar-refractivity contribution in [2.24, 2.45) is 0 Å². The van der Waals surface area contributed by atoms with Crippen molar-refractivity contribution >= 4 is 6.09 Å². The zero-order valence-electron chi connectivity index (χ0n) is 7.25. The van der Waals surface area contributed by atoms with E-state index in [1.807, 2.05) is 0 Å². The summed E-state index contributed by atoms with van der Waals surface area (Å²) in [6.07, 6.45) is 0.871. The molecule has 1 unspecified atom stereocenters. The Balaban J connectivity index is 3.30. The second kappa shape index (κ2) is 6.67. The number of ether oxygens (including phenoxy) is 1. The molecule has 12 heavy (non-hydrogen) atoms. The number of carbonyl (C=O) groups excluding carboxylic acids is 1. The van der Waals surface area contributed by atoms with Crippen LogP contribution in [0.15, 0.2) is 12.7 Å². The van der Waals surface area contributed by atoms with Gasteiger partial charge in [-0.05, 0) is 13.3 Å². The standard InChI is InChI=1S/C8H15NO3/c1-3-7(10)5-6-9-8(11)12-4-2/h3,7,10H,1,4-6H2,2H3,(H,9,11). The quantitative estimate of drug-likeness (QED) is 0.601. The van der Waals surface area contributed by atoms with Crippen LogP contribution in [0.5, 0.6) is 0 Å². The topological polar surface area (TPSA) is 58.6 Å². The Labute approximate surface area is 72.2 Å². The molecule has 0 radical (unpaired) electrons. The molecule has 0 aliphatic carbocycles. The summed E-state index contributed by atoms with van der Waals surface area (Å²) >= 11 is 0. The van der Waals surface area contributed by atoms with Crippen molar-refractivity contribution < 1.29 is 14.6 Å². The normalized spacial score (nSPS) is 11.8. The number of alkyl carbamates (subject to hydrolysis) is 1. The third-order valence-corrected chi connectivity index (χ3v) is 1.26. The summed E-state index contributed by atoms with van der Waals surface area (Å²) in [7, 11) is 0. The molecule has 0 fully saturated rings. The lowest BCUT2D eigenvalue weighted by molar-refractivity contribution is 0.149. The van der Waals surface area contributed by atoms with Crippen molar-refractivity contribution in [1.29, 1.82) is 0 Å². The molecule has 4 nitrogen and oxygen atoms in total. The van der Waals surface area contributed by atoms with Gasteiger partial charge in [0.15, 0.2) is 0 Å². The number of hydrogen-bond acceptors (Lipinski definition) is 3. The summed E-state index contributed by atoms with van der Waals surface area (Å²) in [6, 6.07) is 0. The summed E-state index contributed by atoms with van der Waals surface area (Å²) in [5.74, 6) is 0. The number of aliphatic hydroxyl groups is 1. The van der Waals surface area contributed by atoms with Crippen molar-refractivity contribution in [3.8, 4) is 0 Å². The van der Waals surface area contributed by atoms with Crippen molar-refractivity contribution in [2.75, 3.05) is 13.2 Å². The summed E-state index contributed by atoms with van der Waals surface area (Å²) in [5, 5.41) is 11.5. The lowest BCUT2D eigenvalue weighted by atomic mass is 10.2. The highest BCUT2D eigenvalue weighted by Crippen LogP contribution is 1.89. The number of amides is 1. The average Bonchev–Trinajstić information content (AvgIpc) is 2.04. The highest BCUT2D eigenvalue weighted by molar-refractivity contribution is 5.66. The highest BCUT2D eigenvalue weighted by Gasteiger charge is 2.01. The van der Waals surface area contributed by atoms with Gasteiger partial charge in [0, 0.05) is 6.54 Å². The first-order valence-electron chi connectivity index (χ1n) is 3.92. The first-order chi connectivity index (χ1) is 5.70. The molecule has 4 heteroatoms. The fraction of sp³-hybridized carbons (Fsp3) is 0.625. The van der Waals surface area contributed by atoms with E-state index in [4.69, 9.17) is 5.11 Å². The van der Waals surface area contributed by atoms with Gasteiger partial charge in [0.05, 0.1) is 12.7 Å². The predicted octanol–water partition coefficient (Wildman–Crippen LogP) is 0.669. The monoisotopic (exact) mass is 173 g/mol. The Bertz CT molecular complexity index is 147. The van der Waals surface area contributed by atoms with Gasteiger partial charge in [-0.2, -0.15) is 0 Å². The molecule has 0 saturated heterocycles. The zero-order valence-corrected chi connectivity index (χ0v) is 7.25. The van der Waals surface area contributed by atoms with E-state index in [1.54, 1.807) is 6.92 Å². The molecule has 0 aromatic heterocycles. The van der Waals surface area contributed by atoms with Gasteiger partial charge in [0.2, 0.25) is 0 Å². The number of aliphatic hydroxyl groups excluding tert-OH is 1. The van der Waals surface area contributed by atoms with Gasteiger partial charge < -0.3 is 15.2 Å². The van der Waals surface area contributed by atoms with E-state index in [0.717, 1.165) is 0 Å². The largest absolute Gasteiger partial charge is 0.450 e. The Hall–Kier alpha value is -1.03. The van der Waals surface area contributed by atoms with E-state index in [0.29, 0.717) is 19.6 Å². The van der Waals surface area contributed by atoms with E-state index in [1.165, 1.54) is 6.08 Å². The molecule has 0 saturated carbocycles. The SMILES string of the molecule is C=CC(O)CCNC(=O)OCC. The van der Waals surface area contributed by atoms with Crippen LogP contribution < -0.4 is 5.32 Å². The van der Waals surface area contributed by atoms with Crippen LogP contribution in [-0.4, -0.2) is 30.5 Å². The molecule has 1 atom stereocenters. The Kier molecular flexibility index (Phi) is 6.09. The lowest BCUT2D eigenvalue weighted by Crippen LogP contribution is -2.27. The minimum Gasteiger partial charge on any atom is -0.450 e. The second-order valence-electron chi connectivity index (χ2n) is 2.24. The highest BCUT2D eigenvalue weighted by atomic mass is 16.5. The van der Waals surface area contributed by atoms with Gasteiger partial charge in [-0.25, -0.2) is 4.79 Å². The minimum absolute atomic E-state index is 0.357. The van der Waals surface area contributed by atoms with Crippen LogP contribution in [0, 0.1) is 0 Å². The van der Waals surface area contributed by atoms with Crippen LogP contribution in [-0.2, 0) is 4.74 Å². The third-order valence-electron chi connectivity index (χ3n) is 1.26. The molecule has 0 spiro atoms. The molecule has 0 heterocycles. The van der Waals surface area contributed by atoms with E-state index >= 15 is 0 Å². The number of carbonyl (C=O) groups is 1. The summed E-state index contributed by atoms with van der Waals surface area (Å²) in [5.41, 5.74) is 0. The Morgan fingerprint density at radius 1 is 1.83 bits per heavy atom. The number of rotatable bonds is 5. The summed E-state index contributed by atoms with van der Waals surface area (Å²) < 4.78 is 4.60. The van der Waals surface area contributed by atoms with Crippen molar-refractivity contribution in [3.63, 3.8) is 0 Å². The number of hydrogen-bond donors (Lipinski definition) is 2. The zero-order chi connectivity index (χ0) is 9.40. The fourth-order valence-electron chi connectivity index (χ4n) is 0.622. The minimum atomic E-state index is -0.563. The summed E-state index contributed by atoms with van der Waals surface area (Å²) in [4.78, 5) is 10.7. The maximum Gasteiger partial charge on any atom is 0.407 e. The van der Waals surface area contributed by atoms with Crippen LogP contribution in [0.2, 0.25) is 0 Å². The van der Waals surface area contributed by atoms with E-state index in [9.17, 15) is 4.79 Å². The molecule has 0 aromatic rings. The molecular weight excluding hydrogens is 158 g/mol. The van der Waals surface area contributed by atoms with Crippen LogP contribution >= 0.6 is 0 Å².